The molecule has 2 nitrogen and oxygen atoms in total. The van der Waals surface area contributed by atoms with E-state index in [1.54, 1.807) is 0 Å². The van der Waals surface area contributed by atoms with Gasteiger partial charge in [0.1, 0.15) is 0 Å². The van der Waals surface area contributed by atoms with Crippen LogP contribution in [0.4, 0.5) is 0 Å². The Morgan fingerprint density at radius 2 is 1.49 bits per heavy atom. The van der Waals surface area contributed by atoms with Crippen molar-refractivity contribution in [3.05, 3.63) is 115 Å². The molecule has 2 heterocycles. The quantitative estimate of drug-likeness (QED) is 0.304. The lowest BCUT2D eigenvalue weighted by atomic mass is 10.1. The summed E-state index contributed by atoms with van der Waals surface area (Å²) in [7, 11) is -3.03. The van der Waals surface area contributed by atoms with Crippen LogP contribution in [0.1, 0.15) is 36.8 Å². The monoisotopic (exact) mass is 498 g/mol. The van der Waals surface area contributed by atoms with Crippen molar-refractivity contribution in [3.63, 3.8) is 0 Å². The van der Waals surface area contributed by atoms with E-state index in [0.29, 0.717) is 0 Å². The molecule has 2 aliphatic heterocycles. The van der Waals surface area contributed by atoms with E-state index in [9.17, 15) is 0 Å². The van der Waals surface area contributed by atoms with Gasteiger partial charge in [-0.3, -0.25) is 0 Å². The Morgan fingerprint density at radius 1 is 0.829 bits per heavy atom. The van der Waals surface area contributed by atoms with Crippen molar-refractivity contribution in [2.75, 3.05) is 6.61 Å². The van der Waals surface area contributed by atoms with E-state index in [1.807, 2.05) is 12.2 Å². The van der Waals surface area contributed by atoms with Crippen LogP contribution < -0.4 is 10.4 Å². The summed E-state index contributed by atoms with van der Waals surface area (Å²) in [4.78, 5) is 0. The number of rotatable bonds is 6. The number of hydrogen-bond donors (Lipinski definition) is 0. The van der Waals surface area contributed by atoms with Crippen LogP contribution in [0.15, 0.2) is 104 Å². The molecule has 2 unspecified atom stereocenters. The molecule has 0 saturated carbocycles. The van der Waals surface area contributed by atoms with Crippen molar-refractivity contribution in [1.82, 2.24) is 0 Å². The zero-order valence-corrected chi connectivity index (χ0v) is 22.9. The van der Waals surface area contributed by atoms with Crippen LogP contribution >= 0.6 is 0 Å². The molecule has 2 atom stereocenters. The van der Waals surface area contributed by atoms with Gasteiger partial charge in [-0.1, -0.05) is 117 Å². The molecule has 0 aromatic heterocycles. The molecule has 2 aliphatic rings. The molecule has 4 heteroatoms. The van der Waals surface area contributed by atoms with E-state index in [4.69, 9.17) is 8.85 Å². The molecular formula is C31H38O2Si2. The molecule has 0 bridgehead atoms. The normalized spacial score (nSPS) is 21.3. The van der Waals surface area contributed by atoms with Crippen molar-refractivity contribution in [2.45, 2.75) is 49.9 Å². The van der Waals surface area contributed by atoms with Crippen molar-refractivity contribution >= 4 is 33.8 Å². The van der Waals surface area contributed by atoms with Crippen molar-refractivity contribution in [2.24, 2.45) is 0 Å². The topological polar surface area (TPSA) is 18.5 Å². The van der Waals surface area contributed by atoms with Gasteiger partial charge in [-0.2, -0.15) is 0 Å². The Morgan fingerprint density at radius 3 is 2.09 bits per heavy atom. The van der Waals surface area contributed by atoms with Crippen molar-refractivity contribution in [3.8, 4) is 0 Å². The molecule has 182 valence electrons. The minimum Gasteiger partial charge on any atom is -0.420 e. The van der Waals surface area contributed by atoms with Crippen LogP contribution in [-0.4, -0.2) is 30.1 Å². The highest BCUT2D eigenvalue weighted by atomic mass is 28.4. The molecule has 0 amide bonds. The molecule has 0 radical (unpaired) electrons. The standard InChI is InChI=1S/C18H20OSi.C13H18OSi/c1-2-16-10-9-15-20(19-16,17-11-5-3-6-12-17)18-13-7-4-8-14-18;1-2-12-7-3-4-8-13(12)11-15-10-6-5-9-14-15/h2-8,11-14,16H,1,9-10,15H2;2-4,7-8,15H,1,5-6,9-11H2. The Hall–Kier alpha value is -2.51. The Labute approximate surface area is 214 Å². The van der Waals surface area contributed by atoms with Crippen LogP contribution in [0.5, 0.6) is 0 Å². The van der Waals surface area contributed by atoms with E-state index in [-0.39, 0.29) is 6.10 Å². The second-order valence-electron chi connectivity index (χ2n) is 9.44. The Kier molecular flexibility index (Phi) is 9.49. The van der Waals surface area contributed by atoms with Crippen LogP contribution in [0.2, 0.25) is 12.1 Å². The third-order valence-electron chi connectivity index (χ3n) is 7.11. The predicted octanol–water partition coefficient (Wildman–Crippen LogP) is 6.06. The average Bonchev–Trinajstić information content (AvgIpc) is 2.95. The third kappa shape index (κ3) is 6.59. The lowest BCUT2D eigenvalue weighted by molar-refractivity contribution is 0.213. The molecule has 3 aromatic rings. The summed E-state index contributed by atoms with van der Waals surface area (Å²) < 4.78 is 12.5. The maximum absolute atomic E-state index is 6.62. The van der Waals surface area contributed by atoms with Gasteiger partial charge >= 0.3 is 0 Å². The van der Waals surface area contributed by atoms with Gasteiger partial charge < -0.3 is 8.85 Å². The van der Waals surface area contributed by atoms with Gasteiger partial charge in [-0.05, 0) is 52.5 Å². The first kappa shape index (κ1) is 25.6. The molecule has 3 aromatic carbocycles. The first-order valence-electron chi connectivity index (χ1n) is 13.0. The maximum atomic E-state index is 6.62. The zero-order valence-electron chi connectivity index (χ0n) is 20.8. The van der Waals surface area contributed by atoms with Crippen molar-refractivity contribution < 1.29 is 8.85 Å². The van der Waals surface area contributed by atoms with Gasteiger partial charge in [0.2, 0.25) is 0 Å². The van der Waals surface area contributed by atoms with E-state index < -0.39 is 17.4 Å². The first-order valence-corrected chi connectivity index (χ1v) is 17.2. The van der Waals surface area contributed by atoms with Gasteiger partial charge in [0.25, 0.3) is 8.32 Å². The van der Waals surface area contributed by atoms with E-state index in [0.717, 1.165) is 19.1 Å². The summed E-state index contributed by atoms with van der Waals surface area (Å²) >= 11 is 0. The SMILES string of the molecule is C=CC1CCC[Si](c2ccccc2)(c2ccccc2)O1.C=Cc1ccccc1C[SiH]1CCCCO1. The second kappa shape index (κ2) is 13.0. The molecule has 35 heavy (non-hydrogen) atoms. The van der Waals surface area contributed by atoms with Gasteiger partial charge in [-0.15, -0.1) is 6.58 Å². The first-order chi connectivity index (χ1) is 17.2. The highest BCUT2D eigenvalue weighted by molar-refractivity contribution is 6.97. The van der Waals surface area contributed by atoms with Gasteiger partial charge in [0.15, 0.2) is 9.04 Å². The lowest BCUT2D eigenvalue weighted by Gasteiger charge is -2.39. The summed E-state index contributed by atoms with van der Waals surface area (Å²) in [5.41, 5.74) is 2.70. The molecule has 0 spiro atoms. The molecule has 5 rings (SSSR count). The van der Waals surface area contributed by atoms with Crippen LogP contribution in [-0.2, 0) is 14.9 Å². The summed E-state index contributed by atoms with van der Waals surface area (Å²) in [5.74, 6) is 0. The molecule has 0 aliphatic carbocycles. The minimum atomic E-state index is -2.09. The molecular weight excluding hydrogens is 461 g/mol. The Bertz CT molecular complexity index is 1020. The fraction of sp³-hybridized carbons (Fsp3) is 0.290. The average molecular weight is 499 g/mol. The van der Waals surface area contributed by atoms with Crippen molar-refractivity contribution in [1.29, 1.82) is 0 Å². The highest BCUT2D eigenvalue weighted by Gasteiger charge is 2.43. The predicted molar refractivity (Wildman–Crippen MR) is 154 cm³/mol. The molecule has 2 saturated heterocycles. The smallest absolute Gasteiger partial charge is 0.256 e. The van der Waals surface area contributed by atoms with E-state index in [1.165, 1.54) is 52.9 Å². The van der Waals surface area contributed by atoms with Crippen LogP contribution in [0.25, 0.3) is 6.08 Å². The highest BCUT2D eigenvalue weighted by Crippen LogP contribution is 2.26. The zero-order chi connectivity index (χ0) is 24.3. The van der Waals surface area contributed by atoms with Gasteiger partial charge in [0.05, 0.1) is 6.10 Å². The third-order valence-corrected chi connectivity index (χ3v) is 14.1. The van der Waals surface area contributed by atoms with E-state index >= 15 is 0 Å². The number of hydrogen-bond acceptors (Lipinski definition) is 2. The fourth-order valence-corrected chi connectivity index (χ4v) is 12.0. The lowest BCUT2D eigenvalue weighted by Crippen LogP contribution is -2.63. The minimum absolute atomic E-state index is 0.191. The second-order valence-corrected chi connectivity index (χ2v) is 15.5. The summed E-state index contributed by atoms with van der Waals surface area (Å²) in [6.45, 7) is 8.79. The Balaban J connectivity index is 0.000000172. The number of benzene rings is 3. The fourth-order valence-electron chi connectivity index (χ4n) is 5.23. The maximum Gasteiger partial charge on any atom is 0.256 e. The summed E-state index contributed by atoms with van der Waals surface area (Å²) in [6.07, 6.45) is 9.04. The molecule has 0 N–H and O–H groups in total. The van der Waals surface area contributed by atoms with Crippen LogP contribution in [0.3, 0.4) is 0 Å². The van der Waals surface area contributed by atoms with Crippen LogP contribution in [0, 0.1) is 0 Å². The largest absolute Gasteiger partial charge is 0.420 e. The van der Waals surface area contributed by atoms with E-state index in [2.05, 4.69) is 98.1 Å². The summed E-state index contributed by atoms with van der Waals surface area (Å²) in [6, 6.07) is 33.7. The van der Waals surface area contributed by atoms with Gasteiger partial charge in [-0.25, -0.2) is 0 Å². The summed E-state index contributed by atoms with van der Waals surface area (Å²) in [5, 5.41) is 2.75. The molecule has 2 fully saturated rings. The van der Waals surface area contributed by atoms with Gasteiger partial charge in [0, 0.05) is 6.61 Å².